The highest BCUT2D eigenvalue weighted by Gasteiger charge is 2.16. The van der Waals surface area contributed by atoms with Crippen molar-refractivity contribution in [1.29, 1.82) is 0 Å². The molecule has 0 aliphatic carbocycles. The summed E-state index contributed by atoms with van der Waals surface area (Å²) in [6.45, 7) is 0.0746. The van der Waals surface area contributed by atoms with E-state index in [2.05, 4.69) is 4.72 Å². The molecule has 0 saturated heterocycles. The molecule has 5 nitrogen and oxygen atoms in total. The van der Waals surface area contributed by atoms with Crippen LogP contribution in [-0.2, 0) is 14.3 Å². The summed E-state index contributed by atoms with van der Waals surface area (Å²) in [7, 11) is -3.37. The monoisotopic (exact) mass is 246 g/mol. The van der Waals surface area contributed by atoms with Crippen molar-refractivity contribution >= 4 is 22.3 Å². The quantitative estimate of drug-likeness (QED) is 0.585. The summed E-state index contributed by atoms with van der Waals surface area (Å²) >= 11 is 1.45. The second-order valence-corrected chi connectivity index (χ2v) is 5.56. The first kappa shape index (κ1) is 10.6. The van der Waals surface area contributed by atoms with E-state index in [1.54, 1.807) is 0 Å². The maximum atomic E-state index is 10.8. The topological polar surface area (TPSA) is 58.6 Å². The third kappa shape index (κ3) is 2.77. The van der Waals surface area contributed by atoms with E-state index in [9.17, 15) is 8.42 Å². The van der Waals surface area contributed by atoms with Gasteiger partial charge in [0, 0.05) is 12.4 Å². The van der Waals surface area contributed by atoms with Gasteiger partial charge in [0.2, 0.25) is 0 Å². The summed E-state index contributed by atoms with van der Waals surface area (Å²) in [6.07, 6.45) is 8.44. The Morgan fingerprint density at radius 2 is 2.40 bits per heavy atom. The fourth-order valence-corrected chi connectivity index (χ4v) is 2.12. The van der Waals surface area contributed by atoms with Gasteiger partial charge in [-0.15, -0.1) is 0 Å². The molecule has 15 heavy (non-hydrogen) atoms. The van der Waals surface area contributed by atoms with Crippen molar-refractivity contribution in [3.8, 4) is 0 Å². The van der Waals surface area contributed by atoms with Crippen LogP contribution in [0.5, 0.6) is 0 Å². The molecule has 82 valence electrons. The van der Waals surface area contributed by atoms with Gasteiger partial charge >= 0.3 is 0 Å². The third-order valence-corrected chi connectivity index (χ3v) is 3.11. The Balaban J connectivity index is 2.03. The molecular formula is C8H10N2O3S2. The summed E-state index contributed by atoms with van der Waals surface area (Å²) in [5.74, 6) is 0. The first-order valence-electron chi connectivity index (χ1n) is 4.20. The number of nitrogens with zero attached hydrogens (tertiary/aromatic N) is 1. The second-order valence-electron chi connectivity index (χ2n) is 3.11. The fraction of sp³-hybridized carbons (Fsp3) is 0.250. The van der Waals surface area contributed by atoms with Gasteiger partial charge in [0.25, 0.3) is 10.1 Å². The number of hydrogen-bond donors (Lipinski definition) is 1. The molecule has 0 saturated carbocycles. The Kier molecular flexibility index (Phi) is 2.76. The average Bonchev–Trinajstić information content (AvgIpc) is 2.60. The molecule has 0 atom stereocenters. The highest BCUT2D eigenvalue weighted by atomic mass is 32.2. The lowest BCUT2D eigenvalue weighted by atomic mass is 10.2. The van der Waals surface area contributed by atoms with Crippen LogP contribution in [0.25, 0.3) is 0 Å². The predicted molar refractivity (Wildman–Crippen MR) is 58.7 cm³/mol. The normalized spacial score (nSPS) is 19.4. The molecule has 2 rings (SSSR count). The molecule has 0 fully saturated rings. The van der Waals surface area contributed by atoms with Crippen LogP contribution >= 0.6 is 12.1 Å². The summed E-state index contributed by atoms with van der Waals surface area (Å²) < 4.78 is 31.2. The number of rotatable bonds is 3. The first-order chi connectivity index (χ1) is 7.04. The minimum Gasteiger partial charge on any atom is -0.316 e. The fourth-order valence-electron chi connectivity index (χ4n) is 1.15. The second kappa shape index (κ2) is 3.92. The predicted octanol–water partition coefficient (Wildman–Crippen LogP) is 0.726. The standard InChI is InChI=1S/C8H10N2O3S2/c1-15(11,12)13-6-7-2-3-10-8(4-7)5-9-14-10/h2-5,9H,6H2,1H3. The van der Waals surface area contributed by atoms with E-state index in [0.717, 1.165) is 17.5 Å². The van der Waals surface area contributed by atoms with Crippen molar-refractivity contribution in [2.75, 3.05) is 12.9 Å². The zero-order chi connectivity index (χ0) is 10.9. The van der Waals surface area contributed by atoms with E-state index in [-0.39, 0.29) is 6.61 Å². The molecule has 0 unspecified atom stereocenters. The van der Waals surface area contributed by atoms with Gasteiger partial charge in [-0.05, 0) is 17.7 Å². The van der Waals surface area contributed by atoms with E-state index in [1.807, 2.05) is 28.9 Å². The molecule has 0 bridgehead atoms. The van der Waals surface area contributed by atoms with Gasteiger partial charge in [-0.3, -0.25) is 8.49 Å². The molecule has 2 aliphatic rings. The van der Waals surface area contributed by atoms with E-state index < -0.39 is 10.1 Å². The molecule has 2 heterocycles. The van der Waals surface area contributed by atoms with E-state index in [1.165, 1.54) is 12.1 Å². The number of hydrogen-bond acceptors (Lipinski definition) is 6. The number of nitrogens with one attached hydrogen (secondary N) is 1. The van der Waals surface area contributed by atoms with Gasteiger partial charge in [-0.1, -0.05) is 0 Å². The zero-order valence-electron chi connectivity index (χ0n) is 8.00. The molecule has 1 N–H and O–H groups in total. The average molecular weight is 246 g/mol. The van der Waals surface area contributed by atoms with Crippen molar-refractivity contribution in [1.82, 2.24) is 9.03 Å². The molecule has 0 radical (unpaired) electrons. The van der Waals surface area contributed by atoms with Crippen molar-refractivity contribution in [3.05, 3.63) is 35.8 Å². The lowest BCUT2D eigenvalue weighted by Crippen LogP contribution is -2.10. The summed E-state index contributed by atoms with van der Waals surface area (Å²) in [6, 6.07) is 0. The van der Waals surface area contributed by atoms with Gasteiger partial charge in [-0.2, -0.15) is 8.42 Å². The molecule has 0 aromatic carbocycles. The highest BCUT2D eigenvalue weighted by Crippen LogP contribution is 2.27. The van der Waals surface area contributed by atoms with Crippen LogP contribution in [0, 0.1) is 0 Å². The first-order valence-corrected chi connectivity index (χ1v) is 6.79. The van der Waals surface area contributed by atoms with Gasteiger partial charge in [0.1, 0.15) is 0 Å². The van der Waals surface area contributed by atoms with Crippen LogP contribution in [0.4, 0.5) is 0 Å². The van der Waals surface area contributed by atoms with Crippen molar-refractivity contribution in [2.24, 2.45) is 0 Å². The Hall–Kier alpha value is -0.920. The van der Waals surface area contributed by atoms with Crippen LogP contribution in [0.3, 0.4) is 0 Å². The Labute approximate surface area is 92.9 Å². The Morgan fingerprint density at radius 3 is 3.13 bits per heavy atom. The lowest BCUT2D eigenvalue weighted by Gasteiger charge is -2.16. The van der Waals surface area contributed by atoms with E-state index in [0.29, 0.717) is 0 Å². The van der Waals surface area contributed by atoms with Crippen LogP contribution in [0.15, 0.2) is 35.8 Å². The Bertz CT molecular complexity index is 451. The van der Waals surface area contributed by atoms with Crippen molar-refractivity contribution in [2.45, 2.75) is 0 Å². The van der Waals surface area contributed by atoms with E-state index >= 15 is 0 Å². The molecule has 7 heteroatoms. The van der Waals surface area contributed by atoms with Crippen molar-refractivity contribution in [3.63, 3.8) is 0 Å². The summed E-state index contributed by atoms with van der Waals surface area (Å²) in [5.41, 5.74) is 1.81. The number of fused-ring (bicyclic) bond motifs is 1. The van der Waals surface area contributed by atoms with Crippen LogP contribution in [0.1, 0.15) is 0 Å². The zero-order valence-corrected chi connectivity index (χ0v) is 9.64. The minimum absolute atomic E-state index is 0.0746. The van der Waals surface area contributed by atoms with Crippen LogP contribution < -0.4 is 4.72 Å². The van der Waals surface area contributed by atoms with Gasteiger partial charge in [-0.25, -0.2) is 0 Å². The van der Waals surface area contributed by atoms with Crippen LogP contribution in [-0.4, -0.2) is 25.6 Å². The molecule has 0 aromatic rings. The molecular weight excluding hydrogens is 236 g/mol. The minimum atomic E-state index is -3.37. The van der Waals surface area contributed by atoms with Crippen molar-refractivity contribution < 1.29 is 12.6 Å². The molecule has 0 amide bonds. The highest BCUT2D eigenvalue weighted by molar-refractivity contribution is 7.95. The third-order valence-electron chi connectivity index (χ3n) is 1.81. The maximum Gasteiger partial charge on any atom is 0.264 e. The SMILES string of the molecule is CS(=O)(=O)OCC1=CC2=CNSN2C=C1. The lowest BCUT2D eigenvalue weighted by molar-refractivity contribution is 0.354. The molecule has 0 spiro atoms. The molecule has 2 aliphatic heterocycles. The largest absolute Gasteiger partial charge is 0.316 e. The number of allylic oxidation sites excluding steroid dienone is 1. The van der Waals surface area contributed by atoms with Gasteiger partial charge < -0.3 is 4.72 Å². The van der Waals surface area contributed by atoms with Gasteiger partial charge in [0.05, 0.1) is 30.7 Å². The summed E-state index contributed by atoms with van der Waals surface area (Å²) in [4.78, 5) is 0. The molecule has 0 aromatic heterocycles. The summed E-state index contributed by atoms with van der Waals surface area (Å²) in [5, 5.41) is 0. The van der Waals surface area contributed by atoms with Gasteiger partial charge in [0.15, 0.2) is 0 Å². The van der Waals surface area contributed by atoms with E-state index in [4.69, 9.17) is 4.18 Å². The maximum absolute atomic E-state index is 10.8. The Morgan fingerprint density at radius 1 is 1.60 bits per heavy atom. The van der Waals surface area contributed by atoms with Crippen LogP contribution in [0.2, 0.25) is 0 Å². The smallest absolute Gasteiger partial charge is 0.264 e.